The van der Waals surface area contributed by atoms with Crippen LogP contribution in [0.4, 0.5) is 0 Å². The molecule has 0 saturated heterocycles. The average molecular weight is 1590 g/mol. The van der Waals surface area contributed by atoms with Gasteiger partial charge in [0, 0.05) is 24.3 Å². The van der Waals surface area contributed by atoms with E-state index in [2.05, 4.69) is 140 Å². The summed E-state index contributed by atoms with van der Waals surface area (Å²) in [4.78, 5) is 79.4. The number of carbonyl (C=O) groups excluding carboxylic acids is 5. The number of aromatic nitrogens is 3. The molecular formula is C87H122N8O14Si3. The number of allylic oxidation sites excluding steroid dienone is 3. The van der Waals surface area contributed by atoms with Crippen LogP contribution in [-0.4, -0.2) is 187 Å². The molecule has 25 heteroatoms. The summed E-state index contributed by atoms with van der Waals surface area (Å²) in [7, 11) is 13.2. The summed E-state index contributed by atoms with van der Waals surface area (Å²) in [5.74, 6) is -1.49. The van der Waals surface area contributed by atoms with Crippen LogP contribution in [0.25, 0.3) is 0 Å². The van der Waals surface area contributed by atoms with Crippen molar-refractivity contribution in [3.05, 3.63) is 209 Å². The molecule has 6 aromatic rings. The average Bonchev–Trinajstić information content (AvgIpc) is 1.27. The molecule has 0 fully saturated rings. The predicted octanol–water partition coefficient (Wildman–Crippen LogP) is 16.6. The minimum Gasteiger partial charge on any atom is -0.470 e. The van der Waals surface area contributed by atoms with Gasteiger partial charge in [-0.1, -0.05) is 198 Å². The van der Waals surface area contributed by atoms with Gasteiger partial charge in [-0.2, -0.15) is 0 Å². The van der Waals surface area contributed by atoms with Gasteiger partial charge in [0.25, 0.3) is 17.6 Å². The van der Waals surface area contributed by atoms with Crippen LogP contribution in [0.2, 0.25) is 54.4 Å². The Labute approximate surface area is 667 Å². The van der Waals surface area contributed by atoms with Gasteiger partial charge in [0.1, 0.15) is 49.2 Å². The van der Waals surface area contributed by atoms with E-state index in [0.29, 0.717) is 41.6 Å². The molecule has 6 aliphatic carbocycles. The molecule has 0 amide bonds. The third kappa shape index (κ3) is 17.2. The van der Waals surface area contributed by atoms with E-state index < -0.39 is 77.2 Å². The van der Waals surface area contributed by atoms with Crippen LogP contribution in [0.15, 0.2) is 165 Å². The molecule has 6 aliphatic rings. The molecule has 0 aliphatic heterocycles. The molecule has 22 nitrogen and oxygen atoms in total. The maximum atomic E-state index is 14.7. The molecule has 3 aromatic carbocycles. The van der Waals surface area contributed by atoms with Crippen LogP contribution in [0.1, 0.15) is 160 Å². The second-order valence-electron chi connectivity index (χ2n) is 35.6. The molecule has 0 saturated carbocycles. The van der Waals surface area contributed by atoms with E-state index in [4.69, 9.17) is 41.1 Å². The molecule has 3 heterocycles. The highest BCUT2D eigenvalue weighted by atomic mass is 28.4. The van der Waals surface area contributed by atoms with Crippen molar-refractivity contribution >= 4 is 60.6 Å². The molecule has 12 rings (SSSR count). The van der Waals surface area contributed by atoms with E-state index in [-0.39, 0.29) is 99.7 Å². The van der Waals surface area contributed by atoms with Gasteiger partial charge in [0.15, 0.2) is 65.0 Å². The first kappa shape index (κ1) is 89.2. The Morgan fingerprint density at radius 3 is 1.22 bits per heavy atom. The summed E-state index contributed by atoms with van der Waals surface area (Å²) in [6, 6.07) is 28.0. The topological polar surface area (TPSA) is 235 Å². The number of ketones is 5. The number of benzene rings is 3. The number of nitrogens with zero attached hydrogens (tertiary/aromatic N) is 8. The molecule has 0 spiro atoms. The number of carbonyl (C=O) groups is 5. The number of hydrogen-bond donors (Lipinski definition) is 0. The van der Waals surface area contributed by atoms with E-state index >= 15 is 0 Å². The maximum Gasteiger partial charge on any atom is 0.265 e. The van der Waals surface area contributed by atoms with Crippen molar-refractivity contribution in [2.24, 2.45) is 23.7 Å². The summed E-state index contributed by atoms with van der Waals surface area (Å²) in [6.07, 6.45) is 12.7. The van der Waals surface area contributed by atoms with Crippen molar-refractivity contribution in [3.63, 3.8) is 0 Å². The van der Waals surface area contributed by atoms with Crippen molar-refractivity contribution in [1.29, 1.82) is 0 Å². The third-order valence-electron chi connectivity index (χ3n) is 23.3. The first-order valence-corrected chi connectivity index (χ1v) is 46.6. The smallest absolute Gasteiger partial charge is 0.265 e. The van der Waals surface area contributed by atoms with Gasteiger partial charge in [0.2, 0.25) is 17.3 Å². The zero-order chi connectivity index (χ0) is 82.3. The van der Waals surface area contributed by atoms with Gasteiger partial charge in [-0.05, 0) is 193 Å². The molecular weight excluding hydrogens is 1470 g/mol. The lowest BCUT2D eigenvalue weighted by atomic mass is 9.61. The van der Waals surface area contributed by atoms with E-state index in [1.54, 1.807) is 19.2 Å². The normalized spacial score (nSPS) is 24.0. The Balaban J connectivity index is 0.000000205. The lowest BCUT2D eigenvalue weighted by molar-refractivity contribution is -0.420. The van der Waals surface area contributed by atoms with Crippen LogP contribution in [-0.2, 0) is 42.7 Å². The number of ether oxygens (including phenoxy) is 3. The van der Waals surface area contributed by atoms with E-state index in [0.717, 1.165) is 22.3 Å². The van der Waals surface area contributed by atoms with Crippen LogP contribution in [0, 0.1) is 30.7 Å². The van der Waals surface area contributed by atoms with Crippen molar-refractivity contribution < 1.29 is 69.6 Å². The van der Waals surface area contributed by atoms with Crippen LogP contribution >= 0.6 is 0 Å². The van der Waals surface area contributed by atoms with Gasteiger partial charge in [0.05, 0.1) is 18.1 Å². The fourth-order valence-corrected chi connectivity index (χ4v) is 19.0. The summed E-state index contributed by atoms with van der Waals surface area (Å²) in [5, 5.41) is 12.0. The highest BCUT2D eigenvalue weighted by molar-refractivity contribution is 6.75. The first-order chi connectivity index (χ1) is 51.6. The van der Waals surface area contributed by atoms with Crippen molar-refractivity contribution in [2.45, 2.75) is 186 Å². The van der Waals surface area contributed by atoms with Gasteiger partial charge < -0.3 is 50.5 Å². The quantitative estimate of drug-likeness (QED) is 0.0227. The van der Waals surface area contributed by atoms with Gasteiger partial charge in [-0.3, -0.25) is 38.7 Å². The number of fused-ring (bicyclic) bond motifs is 6. The summed E-state index contributed by atoms with van der Waals surface area (Å²) in [5.41, 5.74) is 0.595. The molecule has 0 bridgehead atoms. The first-order valence-electron chi connectivity index (χ1n) is 37.9. The monoisotopic (exact) mass is 1590 g/mol. The summed E-state index contributed by atoms with van der Waals surface area (Å²) >= 11 is 0. The van der Waals surface area contributed by atoms with Crippen molar-refractivity contribution in [3.8, 4) is 17.6 Å². The lowest BCUT2D eigenvalue weighted by Crippen LogP contribution is -2.68. The summed E-state index contributed by atoms with van der Waals surface area (Å²) in [6.45, 7) is 42.7. The highest BCUT2D eigenvalue weighted by Gasteiger charge is 2.69. The molecule has 0 unspecified atom stereocenters. The third-order valence-corrected chi connectivity index (χ3v) is 36.6. The molecule has 10 atom stereocenters. The standard InChI is InChI=1S/C29H41N3O5Si.C27H34N2O5Si.C27H36N2O4Si.C3H7N.CH4/c1-28(2,3)38(8,9)37-29-21(33)16-15-20(17-31(4)5)23(29)24(32(6)7)25-22(26(29)34)27(30-36-25)35-18-19-13-11-10-12-14-19;1-17-14-15-19(30)27(34-35(7,8)26(2,3)4)21(17)22(29(5)6)23-20(24(27)31)25(28-33-23)32-16-18-12-10-9-11-13-18;1-18-13-12-16-20-22(29(5)6)23-21(24(30)27(18,20)33-34(7,8)26(2,3)4)25(28-32-23)31-17-19-14-10-9-11-15-19;1-4(2)3;/h10-16,20,23-24H,17-18H2,1-9H3;9-15,21-22H,1,16H2,2-8H3;9-16,20,22H,17H2,1-8H3;1-2H2,3H3;1H4/t20-,23-,24-,29+;21-,22-,27+;20-,22-,27+;;/m000../s1. The van der Waals surface area contributed by atoms with Crippen molar-refractivity contribution in [1.82, 2.24) is 35.1 Å². The van der Waals surface area contributed by atoms with Crippen molar-refractivity contribution in [2.75, 3.05) is 70.0 Å². The minimum absolute atomic E-state index is 0. The van der Waals surface area contributed by atoms with Crippen LogP contribution < -0.4 is 14.2 Å². The maximum absolute atomic E-state index is 14.7. The zero-order valence-corrected chi connectivity index (χ0v) is 73.0. The highest BCUT2D eigenvalue weighted by Crippen LogP contribution is 2.59. The second-order valence-corrected chi connectivity index (χ2v) is 49.7. The fraction of sp³-hybridized carbons (Fsp3) is 0.494. The minimum atomic E-state index is -2.62. The van der Waals surface area contributed by atoms with Gasteiger partial charge in [-0.25, -0.2) is 0 Å². The number of Topliss-reactive ketones (excluding diaryl/α,β-unsaturated/α-hetero) is 3. The molecule has 112 heavy (non-hydrogen) atoms. The zero-order valence-electron chi connectivity index (χ0n) is 70.0. The Bertz CT molecular complexity index is 4530. The van der Waals surface area contributed by atoms with E-state index in [1.807, 2.05) is 195 Å². The second kappa shape index (κ2) is 34.0. The lowest BCUT2D eigenvalue weighted by Gasteiger charge is -2.54. The molecule has 606 valence electrons. The number of hydrogen-bond acceptors (Lipinski definition) is 21. The Morgan fingerprint density at radius 2 is 0.848 bits per heavy atom. The van der Waals surface area contributed by atoms with Crippen LogP contribution in [0.5, 0.6) is 17.6 Å². The van der Waals surface area contributed by atoms with Gasteiger partial charge in [-0.15, -0.1) is 0 Å². The van der Waals surface area contributed by atoms with Crippen LogP contribution in [0.3, 0.4) is 0 Å². The van der Waals surface area contributed by atoms with Gasteiger partial charge >= 0.3 is 0 Å². The largest absolute Gasteiger partial charge is 0.470 e. The Kier molecular flexibility index (Phi) is 27.1. The van der Waals surface area contributed by atoms with E-state index in [1.165, 1.54) is 10.7 Å². The van der Waals surface area contributed by atoms with E-state index in [9.17, 15) is 24.0 Å². The Morgan fingerprint density at radius 1 is 0.509 bits per heavy atom. The Hall–Kier alpha value is -8.35. The fourth-order valence-electron chi connectivity index (χ4n) is 14.7. The summed E-state index contributed by atoms with van der Waals surface area (Å²) < 4.78 is 57.9. The number of rotatable bonds is 20. The predicted molar refractivity (Wildman–Crippen MR) is 445 cm³/mol. The molecule has 0 radical (unpaired) electrons. The molecule has 3 aromatic heterocycles. The molecule has 0 N–H and O–H groups in total. The SMILES string of the molecule is C.C=C1C=CC(=O)[C@]2(O[Si](C)(C)C(C)(C)C)C(=O)c3c(OCc4ccccc4)noc3[C@@H](N(C)C)[C@H]12.C=[N+]([CH2-])C.CC1=CC=C[C@H]2[C@H](N(C)C)c3onc(OCc4ccccc4)c3C(=O)[C@@]12O[Si](C)(C)C(C)(C)C.CN(C)C[C@@H]1C=CC(=O)[C@]2(O[Si](C)(C)C(C)(C)C)C(=O)c3c(OCc4ccccc4)noc3[C@@H](N(C)C)[C@H]12.